The van der Waals surface area contributed by atoms with Crippen molar-refractivity contribution in [2.75, 3.05) is 11.9 Å². The Morgan fingerprint density at radius 2 is 1.95 bits per heavy atom. The molecule has 0 spiro atoms. The molecule has 0 bridgehead atoms. The maximum absolute atomic E-state index is 12.4. The van der Waals surface area contributed by atoms with Crippen LogP contribution in [0.4, 0.5) is 10.5 Å². The van der Waals surface area contributed by atoms with Crippen LogP contribution in [0, 0.1) is 0 Å². The van der Waals surface area contributed by atoms with Gasteiger partial charge in [-0.15, -0.1) is 0 Å². The number of hydrogen-bond acceptors (Lipinski definition) is 3. The van der Waals surface area contributed by atoms with E-state index in [2.05, 4.69) is 5.32 Å². The molecule has 1 N–H and O–H groups in total. The molecule has 0 unspecified atom stereocenters. The molecule has 2 rings (SSSR count). The van der Waals surface area contributed by atoms with Crippen LogP contribution in [0.3, 0.4) is 0 Å². The van der Waals surface area contributed by atoms with Crippen LogP contribution in [0.1, 0.15) is 26.3 Å². The monoisotopic (exact) mass is 288 g/mol. The fourth-order valence-corrected chi connectivity index (χ4v) is 2.09. The lowest BCUT2D eigenvalue weighted by Gasteiger charge is -2.24. The van der Waals surface area contributed by atoms with E-state index in [4.69, 9.17) is 4.74 Å². The highest BCUT2D eigenvalue weighted by Gasteiger charge is 2.27. The molecule has 21 heavy (non-hydrogen) atoms. The van der Waals surface area contributed by atoms with Gasteiger partial charge in [0.2, 0.25) is 0 Å². The van der Waals surface area contributed by atoms with Gasteiger partial charge in [0, 0.05) is 7.05 Å². The van der Waals surface area contributed by atoms with Crippen molar-refractivity contribution in [3.8, 4) is 0 Å². The molecule has 0 radical (unpaired) electrons. The molecule has 0 aliphatic carbocycles. The van der Waals surface area contributed by atoms with Crippen molar-refractivity contribution >= 4 is 23.8 Å². The number of fused-ring (bicyclic) bond motifs is 1. The van der Waals surface area contributed by atoms with Crippen LogP contribution >= 0.6 is 0 Å². The summed E-state index contributed by atoms with van der Waals surface area (Å²) in [6.45, 7) is 5.33. The quantitative estimate of drug-likeness (QED) is 0.864. The average molecular weight is 288 g/mol. The topological polar surface area (TPSA) is 58.6 Å². The van der Waals surface area contributed by atoms with E-state index in [1.54, 1.807) is 33.9 Å². The standard InChI is InChI=1S/C16H20N2O3/c1-16(2,3)21-15(20)17-12-10-9-11-7-5-6-8-13(11)18(4)14(12)19/h5-10,12H,1-4H3,(H,17,20)/t12-/m1/s1. The van der Waals surface area contributed by atoms with E-state index in [1.165, 1.54) is 4.90 Å². The summed E-state index contributed by atoms with van der Waals surface area (Å²) < 4.78 is 5.19. The lowest BCUT2D eigenvalue weighted by Crippen LogP contribution is -2.47. The third-order valence-electron chi connectivity index (χ3n) is 3.04. The summed E-state index contributed by atoms with van der Waals surface area (Å²) in [5, 5.41) is 2.59. The first kappa shape index (κ1) is 15.1. The molecule has 1 aromatic carbocycles. The highest BCUT2D eigenvalue weighted by Crippen LogP contribution is 2.24. The van der Waals surface area contributed by atoms with Crippen molar-refractivity contribution in [1.82, 2.24) is 5.32 Å². The van der Waals surface area contributed by atoms with Gasteiger partial charge in [0.15, 0.2) is 0 Å². The number of hydrogen-bond donors (Lipinski definition) is 1. The molecule has 0 fully saturated rings. The van der Waals surface area contributed by atoms with Crippen LogP contribution in [0.15, 0.2) is 30.3 Å². The Bertz CT molecular complexity index is 587. The van der Waals surface area contributed by atoms with Gasteiger partial charge in [0.05, 0.1) is 5.69 Å². The molecule has 0 saturated heterocycles. The fraction of sp³-hybridized carbons (Fsp3) is 0.375. The summed E-state index contributed by atoms with van der Waals surface area (Å²) in [4.78, 5) is 25.8. The molecule has 1 aliphatic rings. The molecule has 112 valence electrons. The molecule has 0 saturated carbocycles. The van der Waals surface area contributed by atoms with Crippen molar-refractivity contribution in [3.63, 3.8) is 0 Å². The number of anilines is 1. The van der Waals surface area contributed by atoms with Crippen LogP contribution in [0.5, 0.6) is 0 Å². The molecule has 2 amide bonds. The fourth-order valence-electron chi connectivity index (χ4n) is 2.09. The Hall–Kier alpha value is -2.30. The minimum absolute atomic E-state index is 0.206. The summed E-state index contributed by atoms with van der Waals surface area (Å²) in [6.07, 6.45) is 2.90. The lowest BCUT2D eigenvalue weighted by molar-refractivity contribution is -0.119. The second-order valence-corrected chi connectivity index (χ2v) is 5.94. The minimum Gasteiger partial charge on any atom is -0.444 e. The number of amides is 2. The Labute approximate surface area is 124 Å². The number of likely N-dealkylation sites (N-methyl/N-ethyl adjacent to an activating group) is 1. The van der Waals surface area contributed by atoms with Crippen LogP contribution in [-0.2, 0) is 9.53 Å². The summed E-state index contributed by atoms with van der Waals surface area (Å²) in [5.41, 5.74) is 1.14. The Kier molecular flexibility index (Phi) is 4.02. The largest absolute Gasteiger partial charge is 0.444 e. The number of benzene rings is 1. The third kappa shape index (κ3) is 3.62. The second kappa shape index (κ2) is 5.60. The Morgan fingerprint density at radius 3 is 2.62 bits per heavy atom. The van der Waals surface area contributed by atoms with Crippen LogP contribution < -0.4 is 10.2 Å². The van der Waals surface area contributed by atoms with Gasteiger partial charge in [0.25, 0.3) is 5.91 Å². The number of rotatable bonds is 1. The van der Waals surface area contributed by atoms with Crippen molar-refractivity contribution < 1.29 is 14.3 Å². The van der Waals surface area contributed by atoms with E-state index < -0.39 is 17.7 Å². The highest BCUT2D eigenvalue weighted by atomic mass is 16.6. The highest BCUT2D eigenvalue weighted by molar-refractivity contribution is 6.03. The van der Waals surface area contributed by atoms with E-state index in [0.29, 0.717) is 0 Å². The number of para-hydroxylation sites is 1. The van der Waals surface area contributed by atoms with E-state index in [9.17, 15) is 9.59 Å². The number of alkyl carbamates (subject to hydrolysis) is 1. The first-order valence-electron chi connectivity index (χ1n) is 6.82. The van der Waals surface area contributed by atoms with E-state index in [1.807, 2.05) is 30.3 Å². The third-order valence-corrected chi connectivity index (χ3v) is 3.04. The molecular weight excluding hydrogens is 268 g/mol. The SMILES string of the molecule is CN1C(=O)[C@H](NC(=O)OC(C)(C)C)C=Cc2ccccc21. The zero-order chi connectivity index (χ0) is 15.6. The van der Waals surface area contributed by atoms with Crippen LogP contribution in [-0.4, -0.2) is 30.7 Å². The molecule has 5 heteroatoms. The zero-order valence-corrected chi connectivity index (χ0v) is 12.7. The molecule has 1 heterocycles. The first-order chi connectivity index (χ1) is 9.78. The lowest BCUT2D eigenvalue weighted by atomic mass is 10.1. The van der Waals surface area contributed by atoms with Gasteiger partial charge >= 0.3 is 6.09 Å². The summed E-state index contributed by atoms with van der Waals surface area (Å²) in [5.74, 6) is -0.206. The van der Waals surface area contributed by atoms with Gasteiger partial charge in [-0.3, -0.25) is 4.79 Å². The average Bonchev–Trinajstić information content (AvgIpc) is 2.50. The Balaban J connectivity index is 2.17. The zero-order valence-electron chi connectivity index (χ0n) is 12.7. The molecule has 1 aromatic rings. The van der Waals surface area contributed by atoms with Crippen LogP contribution in [0.2, 0.25) is 0 Å². The smallest absolute Gasteiger partial charge is 0.408 e. The number of carbonyl (C=O) groups excluding carboxylic acids is 2. The van der Waals surface area contributed by atoms with Crippen molar-refractivity contribution in [1.29, 1.82) is 0 Å². The van der Waals surface area contributed by atoms with Crippen molar-refractivity contribution in [2.45, 2.75) is 32.4 Å². The molecular formula is C16H20N2O3. The van der Waals surface area contributed by atoms with E-state index in [-0.39, 0.29) is 5.91 Å². The summed E-state index contributed by atoms with van der Waals surface area (Å²) >= 11 is 0. The van der Waals surface area contributed by atoms with Gasteiger partial charge in [-0.2, -0.15) is 0 Å². The summed E-state index contributed by atoms with van der Waals surface area (Å²) in [6, 6.07) is 6.83. The normalized spacial score (nSPS) is 18.0. The van der Waals surface area contributed by atoms with E-state index >= 15 is 0 Å². The second-order valence-electron chi connectivity index (χ2n) is 5.94. The predicted octanol–water partition coefficient (Wildman–Crippen LogP) is 2.57. The number of nitrogens with zero attached hydrogens (tertiary/aromatic N) is 1. The van der Waals surface area contributed by atoms with Gasteiger partial charge in [-0.1, -0.05) is 30.4 Å². The van der Waals surface area contributed by atoms with Gasteiger partial charge in [-0.25, -0.2) is 4.79 Å². The minimum atomic E-state index is -0.739. The maximum Gasteiger partial charge on any atom is 0.408 e. The number of nitrogens with one attached hydrogen (secondary N) is 1. The van der Waals surface area contributed by atoms with Crippen molar-refractivity contribution in [2.24, 2.45) is 0 Å². The van der Waals surface area contributed by atoms with Gasteiger partial charge in [0.1, 0.15) is 11.6 Å². The number of carbonyl (C=O) groups is 2. The predicted molar refractivity (Wildman–Crippen MR) is 82.0 cm³/mol. The first-order valence-corrected chi connectivity index (χ1v) is 6.82. The Morgan fingerprint density at radius 1 is 1.29 bits per heavy atom. The van der Waals surface area contributed by atoms with E-state index in [0.717, 1.165) is 11.3 Å². The molecule has 1 aliphatic heterocycles. The summed E-state index contributed by atoms with van der Waals surface area (Å²) in [7, 11) is 1.69. The van der Waals surface area contributed by atoms with Gasteiger partial charge in [-0.05, 0) is 32.4 Å². The maximum atomic E-state index is 12.4. The van der Waals surface area contributed by atoms with Crippen LogP contribution in [0.25, 0.3) is 6.08 Å². The number of ether oxygens (including phenoxy) is 1. The molecule has 1 atom stereocenters. The molecule has 5 nitrogen and oxygen atoms in total. The van der Waals surface area contributed by atoms with Crippen molar-refractivity contribution in [3.05, 3.63) is 35.9 Å². The van der Waals surface area contributed by atoms with Gasteiger partial charge < -0.3 is 15.0 Å². The molecule has 0 aromatic heterocycles.